The Morgan fingerprint density at radius 2 is 2.17 bits per heavy atom. The summed E-state index contributed by atoms with van der Waals surface area (Å²) in [5, 5.41) is 20.1. The molecule has 0 unspecified atom stereocenters. The van der Waals surface area contributed by atoms with Gasteiger partial charge in [0.1, 0.15) is 0 Å². The van der Waals surface area contributed by atoms with Crippen molar-refractivity contribution in [3.8, 4) is 0 Å². The second-order valence-electron chi connectivity index (χ2n) is 4.69. The Bertz CT molecular complexity index is 419. The van der Waals surface area contributed by atoms with Gasteiger partial charge in [0.25, 0.3) is 5.69 Å². The molecule has 1 atom stereocenters. The van der Waals surface area contributed by atoms with Crippen molar-refractivity contribution >= 4 is 5.69 Å². The summed E-state index contributed by atoms with van der Waals surface area (Å²) >= 11 is 0. The fraction of sp³-hybridized carbons (Fsp3) is 0.538. The second kappa shape index (κ2) is 6.47. The molecule has 0 aliphatic rings. The summed E-state index contributed by atoms with van der Waals surface area (Å²) in [7, 11) is 1.95. The zero-order chi connectivity index (χ0) is 13.7. The summed E-state index contributed by atoms with van der Waals surface area (Å²) in [6.45, 7) is 4.95. The second-order valence-corrected chi connectivity index (χ2v) is 4.69. The Kier molecular flexibility index (Phi) is 5.25. The third-order valence-corrected chi connectivity index (χ3v) is 2.98. The molecule has 18 heavy (non-hydrogen) atoms. The highest BCUT2D eigenvalue weighted by atomic mass is 16.6. The maximum absolute atomic E-state index is 10.8. The lowest BCUT2D eigenvalue weighted by molar-refractivity contribution is -0.385. The standard InChI is InChI=1S/C13H20N2O3/c1-10(16)7-8-14(3)9-12-5-4-6-13(11(12)2)15(17)18/h4-6,10,16H,7-9H2,1-3H3/t10-/m1/s1. The minimum Gasteiger partial charge on any atom is -0.393 e. The van der Waals surface area contributed by atoms with E-state index in [0.29, 0.717) is 18.5 Å². The highest BCUT2D eigenvalue weighted by molar-refractivity contribution is 5.44. The molecule has 0 saturated carbocycles. The molecule has 1 N–H and O–H groups in total. The van der Waals surface area contributed by atoms with E-state index >= 15 is 0 Å². The first-order valence-electron chi connectivity index (χ1n) is 6.01. The van der Waals surface area contributed by atoms with Gasteiger partial charge in [0, 0.05) is 24.7 Å². The van der Waals surface area contributed by atoms with Crippen molar-refractivity contribution in [2.75, 3.05) is 13.6 Å². The smallest absolute Gasteiger partial charge is 0.272 e. The van der Waals surface area contributed by atoms with Crippen LogP contribution in [0.2, 0.25) is 0 Å². The number of hydrogen-bond acceptors (Lipinski definition) is 4. The van der Waals surface area contributed by atoms with Crippen LogP contribution in [-0.2, 0) is 6.54 Å². The molecule has 0 aliphatic heterocycles. The SMILES string of the molecule is Cc1c(CN(C)CC[C@@H](C)O)cccc1[N+](=O)[O-]. The van der Waals surface area contributed by atoms with Gasteiger partial charge in [-0.05, 0) is 32.9 Å². The lowest BCUT2D eigenvalue weighted by Crippen LogP contribution is -2.22. The van der Waals surface area contributed by atoms with Crippen molar-refractivity contribution in [3.63, 3.8) is 0 Å². The number of benzene rings is 1. The maximum atomic E-state index is 10.8. The van der Waals surface area contributed by atoms with Gasteiger partial charge < -0.3 is 10.0 Å². The summed E-state index contributed by atoms with van der Waals surface area (Å²) in [5.74, 6) is 0. The quantitative estimate of drug-likeness (QED) is 0.622. The van der Waals surface area contributed by atoms with Crippen LogP contribution >= 0.6 is 0 Å². The molecule has 1 rings (SSSR count). The molecule has 100 valence electrons. The summed E-state index contributed by atoms with van der Waals surface area (Å²) in [6.07, 6.45) is 0.378. The van der Waals surface area contributed by atoms with Crippen LogP contribution in [0.5, 0.6) is 0 Å². The van der Waals surface area contributed by atoms with Crippen LogP contribution in [0.15, 0.2) is 18.2 Å². The lowest BCUT2D eigenvalue weighted by Gasteiger charge is -2.18. The van der Waals surface area contributed by atoms with E-state index < -0.39 is 0 Å². The van der Waals surface area contributed by atoms with Crippen LogP contribution in [-0.4, -0.2) is 34.6 Å². The van der Waals surface area contributed by atoms with Gasteiger partial charge in [0.15, 0.2) is 0 Å². The van der Waals surface area contributed by atoms with Crippen LogP contribution in [0.3, 0.4) is 0 Å². The predicted octanol–water partition coefficient (Wildman–Crippen LogP) is 2.11. The van der Waals surface area contributed by atoms with Crippen LogP contribution in [0, 0.1) is 17.0 Å². The molecule has 0 aliphatic carbocycles. The Labute approximate surface area is 107 Å². The Balaban J connectivity index is 2.73. The topological polar surface area (TPSA) is 66.6 Å². The fourth-order valence-electron chi connectivity index (χ4n) is 1.82. The number of aliphatic hydroxyl groups is 1. The zero-order valence-electron chi connectivity index (χ0n) is 11.1. The normalized spacial score (nSPS) is 12.7. The molecule has 0 fully saturated rings. The molecule has 0 radical (unpaired) electrons. The average molecular weight is 252 g/mol. The number of nitrogens with zero attached hydrogens (tertiary/aromatic N) is 2. The summed E-state index contributed by atoms with van der Waals surface area (Å²) < 4.78 is 0. The van der Waals surface area contributed by atoms with Gasteiger partial charge >= 0.3 is 0 Å². The van der Waals surface area contributed by atoms with Crippen molar-refractivity contribution in [2.24, 2.45) is 0 Å². The van der Waals surface area contributed by atoms with E-state index in [0.717, 1.165) is 12.1 Å². The van der Waals surface area contributed by atoms with E-state index in [2.05, 4.69) is 4.90 Å². The fourth-order valence-corrected chi connectivity index (χ4v) is 1.82. The summed E-state index contributed by atoms with van der Waals surface area (Å²) in [4.78, 5) is 12.5. The van der Waals surface area contributed by atoms with Gasteiger partial charge in [-0.2, -0.15) is 0 Å². The van der Waals surface area contributed by atoms with Crippen molar-refractivity contribution in [1.82, 2.24) is 4.90 Å². The minimum absolute atomic E-state index is 0.163. The molecule has 0 saturated heterocycles. The predicted molar refractivity (Wildman–Crippen MR) is 70.5 cm³/mol. The molecule has 0 bridgehead atoms. The summed E-state index contributed by atoms with van der Waals surface area (Å²) in [5.41, 5.74) is 1.83. The molecule has 0 heterocycles. The zero-order valence-corrected chi connectivity index (χ0v) is 11.1. The van der Waals surface area contributed by atoms with Gasteiger partial charge in [-0.1, -0.05) is 12.1 Å². The van der Waals surface area contributed by atoms with E-state index in [-0.39, 0.29) is 16.7 Å². The number of rotatable bonds is 6. The van der Waals surface area contributed by atoms with E-state index in [1.54, 1.807) is 19.9 Å². The maximum Gasteiger partial charge on any atom is 0.272 e. The molecule has 5 nitrogen and oxygen atoms in total. The van der Waals surface area contributed by atoms with E-state index in [1.165, 1.54) is 6.07 Å². The third-order valence-electron chi connectivity index (χ3n) is 2.98. The highest BCUT2D eigenvalue weighted by Crippen LogP contribution is 2.21. The Hall–Kier alpha value is -1.46. The highest BCUT2D eigenvalue weighted by Gasteiger charge is 2.14. The molecular formula is C13H20N2O3. The molecule has 1 aromatic rings. The van der Waals surface area contributed by atoms with E-state index in [4.69, 9.17) is 0 Å². The van der Waals surface area contributed by atoms with Gasteiger partial charge in [0.05, 0.1) is 11.0 Å². The molecule has 5 heteroatoms. The van der Waals surface area contributed by atoms with Crippen LogP contribution in [0.4, 0.5) is 5.69 Å². The van der Waals surface area contributed by atoms with Crippen molar-refractivity contribution < 1.29 is 10.0 Å². The first-order chi connectivity index (χ1) is 8.41. The first-order valence-corrected chi connectivity index (χ1v) is 6.01. The first kappa shape index (κ1) is 14.6. The van der Waals surface area contributed by atoms with Gasteiger partial charge in [-0.3, -0.25) is 10.1 Å². The van der Waals surface area contributed by atoms with Crippen LogP contribution in [0.1, 0.15) is 24.5 Å². The molecular weight excluding hydrogens is 232 g/mol. The Morgan fingerprint density at radius 1 is 1.50 bits per heavy atom. The Morgan fingerprint density at radius 3 is 2.72 bits per heavy atom. The van der Waals surface area contributed by atoms with E-state index in [9.17, 15) is 15.2 Å². The molecule has 1 aromatic carbocycles. The van der Waals surface area contributed by atoms with Crippen LogP contribution in [0.25, 0.3) is 0 Å². The van der Waals surface area contributed by atoms with Gasteiger partial charge in [-0.15, -0.1) is 0 Å². The minimum atomic E-state index is -0.353. The number of aliphatic hydroxyl groups excluding tert-OH is 1. The summed E-state index contributed by atoms with van der Waals surface area (Å²) in [6, 6.07) is 5.14. The van der Waals surface area contributed by atoms with Crippen molar-refractivity contribution in [3.05, 3.63) is 39.4 Å². The average Bonchev–Trinajstić information content (AvgIpc) is 2.29. The van der Waals surface area contributed by atoms with Crippen molar-refractivity contribution in [1.29, 1.82) is 0 Å². The number of nitro groups is 1. The molecule has 0 spiro atoms. The third kappa shape index (κ3) is 4.09. The largest absolute Gasteiger partial charge is 0.393 e. The monoisotopic (exact) mass is 252 g/mol. The number of hydrogen-bond donors (Lipinski definition) is 1. The van der Waals surface area contributed by atoms with E-state index in [1.807, 2.05) is 13.1 Å². The molecule has 0 amide bonds. The number of nitro benzene ring substituents is 1. The van der Waals surface area contributed by atoms with Crippen molar-refractivity contribution in [2.45, 2.75) is 32.9 Å². The molecule has 0 aromatic heterocycles. The lowest BCUT2D eigenvalue weighted by atomic mass is 10.1. The van der Waals surface area contributed by atoms with Crippen LogP contribution < -0.4 is 0 Å². The van der Waals surface area contributed by atoms with Gasteiger partial charge in [-0.25, -0.2) is 0 Å². The van der Waals surface area contributed by atoms with Gasteiger partial charge in [0.2, 0.25) is 0 Å².